The van der Waals surface area contributed by atoms with E-state index in [1.165, 1.54) is 0 Å². The number of aliphatic hydroxyl groups excluding tert-OH is 1. The molecule has 0 radical (unpaired) electrons. The smallest absolute Gasteiger partial charge is 0.138 e. The van der Waals surface area contributed by atoms with Gasteiger partial charge in [-0.15, -0.1) is 0 Å². The van der Waals surface area contributed by atoms with Crippen LogP contribution in [0.4, 0.5) is 5.69 Å². The summed E-state index contributed by atoms with van der Waals surface area (Å²) < 4.78 is 0. The first-order valence-electron chi connectivity index (χ1n) is 4.96. The summed E-state index contributed by atoms with van der Waals surface area (Å²) in [5, 5.41) is 21.8. The van der Waals surface area contributed by atoms with Gasteiger partial charge in [0.05, 0.1) is 5.69 Å². The van der Waals surface area contributed by atoms with E-state index in [0.29, 0.717) is 12.1 Å². The molecule has 14 heavy (non-hydrogen) atoms. The molecule has 0 aliphatic rings. The Bertz CT molecular complexity index is 276. The quantitative estimate of drug-likeness (QED) is 0.499. The Hall–Kier alpha value is -1.22. The second-order valence-corrected chi connectivity index (χ2v) is 3.32. The Balaban J connectivity index is 2.47. The lowest BCUT2D eigenvalue weighted by molar-refractivity contribution is 0.189. The zero-order valence-electron chi connectivity index (χ0n) is 8.40. The molecule has 3 heteroatoms. The van der Waals surface area contributed by atoms with Crippen LogP contribution >= 0.6 is 0 Å². The van der Waals surface area contributed by atoms with Crippen molar-refractivity contribution in [3.8, 4) is 5.75 Å². The molecule has 1 aromatic carbocycles. The summed E-state index contributed by atoms with van der Waals surface area (Å²) in [4.78, 5) is 0. The van der Waals surface area contributed by atoms with E-state index < -0.39 is 6.23 Å². The van der Waals surface area contributed by atoms with Gasteiger partial charge in [-0.1, -0.05) is 25.5 Å². The molecule has 0 bridgehead atoms. The largest absolute Gasteiger partial charge is 0.506 e. The summed E-state index contributed by atoms with van der Waals surface area (Å²) in [6.45, 7) is 2.08. The van der Waals surface area contributed by atoms with Gasteiger partial charge in [0, 0.05) is 0 Å². The van der Waals surface area contributed by atoms with E-state index in [4.69, 9.17) is 0 Å². The third-order valence-corrected chi connectivity index (χ3v) is 2.06. The van der Waals surface area contributed by atoms with Crippen molar-refractivity contribution < 1.29 is 10.2 Å². The van der Waals surface area contributed by atoms with Crippen molar-refractivity contribution in [3.05, 3.63) is 24.3 Å². The van der Waals surface area contributed by atoms with Gasteiger partial charge in [-0.25, -0.2) is 0 Å². The molecule has 0 saturated heterocycles. The third kappa shape index (κ3) is 3.26. The Kier molecular flexibility index (Phi) is 4.26. The van der Waals surface area contributed by atoms with Crippen LogP contribution in [0.2, 0.25) is 0 Å². The van der Waals surface area contributed by atoms with Gasteiger partial charge in [-0.05, 0) is 25.0 Å². The van der Waals surface area contributed by atoms with Crippen LogP contribution in [0.3, 0.4) is 0 Å². The molecule has 0 saturated carbocycles. The fourth-order valence-corrected chi connectivity index (χ4v) is 1.24. The number of rotatable bonds is 5. The van der Waals surface area contributed by atoms with Crippen LogP contribution < -0.4 is 5.32 Å². The van der Waals surface area contributed by atoms with Crippen LogP contribution in [0, 0.1) is 0 Å². The summed E-state index contributed by atoms with van der Waals surface area (Å²) in [6.07, 6.45) is 2.15. The van der Waals surface area contributed by atoms with Crippen molar-refractivity contribution in [2.75, 3.05) is 5.32 Å². The van der Waals surface area contributed by atoms with Gasteiger partial charge in [-0.2, -0.15) is 0 Å². The molecule has 1 atom stereocenters. The second-order valence-electron chi connectivity index (χ2n) is 3.32. The van der Waals surface area contributed by atoms with Crippen LogP contribution in [-0.2, 0) is 0 Å². The number of nitrogens with one attached hydrogen (secondary N) is 1. The predicted molar refractivity (Wildman–Crippen MR) is 57.3 cm³/mol. The summed E-state index contributed by atoms with van der Waals surface area (Å²) in [7, 11) is 0. The molecule has 78 valence electrons. The highest BCUT2D eigenvalue weighted by atomic mass is 16.3. The lowest BCUT2D eigenvalue weighted by atomic mass is 10.2. The lowest BCUT2D eigenvalue weighted by Gasteiger charge is -2.14. The maximum Gasteiger partial charge on any atom is 0.138 e. The molecule has 0 heterocycles. The van der Waals surface area contributed by atoms with E-state index in [2.05, 4.69) is 12.2 Å². The Morgan fingerprint density at radius 1 is 1.36 bits per heavy atom. The van der Waals surface area contributed by atoms with Crippen molar-refractivity contribution in [1.29, 1.82) is 0 Å². The molecular formula is C11H17NO2. The first kappa shape index (κ1) is 10.9. The number of hydrogen-bond acceptors (Lipinski definition) is 3. The van der Waals surface area contributed by atoms with Gasteiger partial charge < -0.3 is 15.5 Å². The molecule has 0 amide bonds. The molecule has 3 N–H and O–H groups in total. The van der Waals surface area contributed by atoms with Gasteiger partial charge in [-0.3, -0.25) is 0 Å². The average Bonchev–Trinajstić information content (AvgIpc) is 2.18. The number of benzene rings is 1. The summed E-state index contributed by atoms with van der Waals surface area (Å²) >= 11 is 0. The summed E-state index contributed by atoms with van der Waals surface area (Å²) in [5.41, 5.74) is 0.580. The first-order valence-corrected chi connectivity index (χ1v) is 4.96. The van der Waals surface area contributed by atoms with E-state index in [0.717, 1.165) is 12.8 Å². The van der Waals surface area contributed by atoms with Crippen molar-refractivity contribution in [2.24, 2.45) is 0 Å². The molecule has 1 aromatic rings. The highest BCUT2D eigenvalue weighted by Crippen LogP contribution is 2.22. The molecule has 0 spiro atoms. The average molecular weight is 195 g/mol. The van der Waals surface area contributed by atoms with Crippen molar-refractivity contribution in [3.63, 3.8) is 0 Å². The Labute approximate surface area is 84.4 Å². The lowest BCUT2D eigenvalue weighted by Crippen LogP contribution is -2.18. The molecule has 0 aromatic heterocycles. The third-order valence-electron chi connectivity index (χ3n) is 2.06. The maximum absolute atomic E-state index is 9.54. The van der Waals surface area contributed by atoms with E-state index in [1.807, 2.05) is 6.07 Å². The number of phenols is 1. The fraction of sp³-hybridized carbons (Fsp3) is 0.455. The number of aromatic hydroxyl groups is 1. The summed E-state index contributed by atoms with van der Waals surface area (Å²) in [5.74, 6) is 0.169. The topological polar surface area (TPSA) is 52.5 Å². The highest BCUT2D eigenvalue weighted by molar-refractivity contribution is 5.55. The van der Waals surface area contributed by atoms with E-state index >= 15 is 0 Å². The fourth-order valence-electron chi connectivity index (χ4n) is 1.24. The standard InChI is InChI=1S/C11H17NO2/c1-2-3-8-11(14)12-9-6-4-5-7-10(9)13/h4-7,11-14H,2-3,8H2,1H3. The molecule has 3 nitrogen and oxygen atoms in total. The molecule has 0 aliphatic carbocycles. The van der Waals surface area contributed by atoms with E-state index in [-0.39, 0.29) is 5.75 Å². The molecule has 0 fully saturated rings. The van der Waals surface area contributed by atoms with Crippen molar-refractivity contribution in [1.82, 2.24) is 0 Å². The van der Waals surface area contributed by atoms with Crippen LogP contribution in [0.1, 0.15) is 26.2 Å². The number of unbranched alkanes of at least 4 members (excludes halogenated alkanes) is 1. The molecule has 1 rings (SSSR count). The summed E-state index contributed by atoms with van der Waals surface area (Å²) in [6, 6.07) is 6.90. The molecule has 1 unspecified atom stereocenters. The maximum atomic E-state index is 9.54. The van der Waals surface area contributed by atoms with Crippen LogP contribution in [0.15, 0.2) is 24.3 Å². The van der Waals surface area contributed by atoms with Crippen LogP contribution in [0.25, 0.3) is 0 Å². The van der Waals surface area contributed by atoms with Crippen molar-refractivity contribution in [2.45, 2.75) is 32.4 Å². The van der Waals surface area contributed by atoms with Crippen molar-refractivity contribution >= 4 is 5.69 Å². The zero-order valence-corrected chi connectivity index (χ0v) is 8.40. The van der Waals surface area contributed by atoms with Gasteiger partial charge in [0.25, 0.3) is 0 Å². The van der Waals surface area contributed by atoms with Gasteiger partial charge in [0.15, 0.2) is 0 Å². The van der Waals surface area contributed by atoms with Crippen LogP contribution in [-0.4, -0.2) is 16.4 Å². The van der Waals surface area contributed by atoms with E-state index in [9.17, 15) is 10.2 Å². The van der Waals surface area contributed by atoms with Gasteiger partial charge in [0.1, 0.15) is 12.0 Å². The molecular weight excluding hydrogens is 178 g/mol. The normalized spacial score (nSPS) is 12.4. The Morgan fingerprint density at radius 3 is 2.71 bits per heavy atom. The zero-order chi connectivity index (χ0) is 10.4. The minimum atomic E-state index is -0.580. The van der Waals surface area contributed by atoms with Gasteiger partial charge >= 0.3 is 0 Å². The highest BCUT2D eigenvalue weighted by Gasteiger charge is 2.05. The minimum Gasteiger partial charge on any atom is -0.506 e. The Morgan fingerprint density at radius 2 is 2.07 bits per heavy atom. The monoisotopic (exact) mass is 195 g/mol. The molecule has 0 aliphatic heterocycles. The second kappa shape index (κ2) is 5.50. The minimum absolute atomic E-state index is 0.169. The predicted octanol–water partition coefficient (Wildman–Crippen LogP) is 2.31. The van der Waals surface area contributed by atoms with E-state index in [1.54, 1.807) is 18.2 Å². The number of hydrogen-bond donors (Lipinski definition) is 3. The number of anilines is 1. The first-order chi connectivity index (χ1) is 6.74. The SMILES string of the molecule is CCCCC(O)Nc1ccccc1O. The number of aliphatic hydroxyl groups is 1. The number of para-hydroxylation sites is 2. The van der Waals surface area contributed by atoms with Crippen LogP contribution in [0.5, 0.6) is 5.75 Å². The van der Waals surface area contributed by atoms with Gasteiger partial charge in [0.2, 0.25) is 0 Å². The number of phenolic OH excluding ortho intramolecular Hbond substituents is 1.